The smallest absolute Gasteiger partial charge is 0.258 e. The number of carbonyl (C=O) groups excluding carboxylic acids is 1. The Morgan fingerprint density at radius 2 is 2.03 bits per heavy atom. The number of furan rings is 1. The Morgan fingerprint density at radius 3 is 2.80 bits per heavy atom. The van der Waals surface area contributed by atoms with Crippen molar-refractivity contribution in [3.05, 3.63) is 69.9 Å². The van der Waals surface area contributed by atoms with E-state index in [2.05, 4.69) is 12.2 Å². The number of aryl methyl sites for hydroxylation is 3. The van der Waals surface area contributed by atoms with E-state index < -0.39 is 0 Å². The number of thiophene rings is 1. The largest absolute Gasteiger partial charge is 0.464 e. The molecule has 0 bridgehead atoms. The predicted octanol–water partition coefficient (Wildman–Crippen LogP) is 6.55. The normalized spacial score (nSPS) is 15.9. The first-order chi connectivity index (χ1) is 14.5. The zero-order valence-electron chi connectivity index (χ0n) is 17.4. The van der Waals surface area contributed by atoms with Gasteiger partial charge < -0.3 is 9.73 Å². The minimum absolute atomic E-state index is 0.147. The van der Waals surface area contributed by atoms with Crippen LogP contribution in [0.2, 0.25) is 0 Å². The van der Waals surface area contributed by atoms with Gasteiger partial charge in [-0.1, -0.05) is 25.1 Å². The molecule has 0 radical (unpaired) electrons. The predicted molar refractivity (Wildman–Crippen MR) is 122 cm³/mol. The van der Waals surface area contributed by atoms with Gasteiger partial charge in [0.1, 0.15) is 10.6 Å². The number of carbonyl (C=O) groups is 1. The van der Waals surface area contributed by atoms with Gasteiger partial charge in [-0.05, 0) is 68.4 Å². The summed E-state index contributed by atoms with van der Waals surface area (Å²) >= 11 is 1.77. The van der Waals surface area contributed by atoms with E-state index in [1.54, 1.807) is 17.6 Å². The molecule has 5 rings (SSSR count). The lowest BCUT2D eigenvalue weighted by Gasteiger charge is -2.19. The third-order valence-electron chi connectivity index (χ3n) is 6.01. The molecule has 1 amide bonds. The van der Waals surface area contributed by atoms with Crippen molar-refractivity contribution in [3.63, 3.8) is 0 Å². The van der Waals surface area contributed by atoms with Crippen molar-refractivity contribution < 1.29 is 9.21 Å². The number of fused-ring (bicyclic) bond motifs is 3. The second-order valence-electron chi connectivity index (χ2n) is 8.23. The molecule has 152 valence electrons. The number of amides is 1. The average molecular weight is 417 g/mol. The monoisotopic (exact) mass is 416 g/mol. The first-order valence-corrected chi connectivity index (χ1v) is 11.2. The molecule has 0 saturated heterocycles. The Labute approximate surface area is 180 Å². The van der Waals surface area contributed by atoms with Crippen LogP contribution in [-0.4, -0.2) is 10.9 Å². The molecule has 4 nitrogen and oxygen atoms in total. The molecule has 1 atom stereocenters. The Balaban J connectivity index is 1.73. The SMILES string of the molecule is Cc1ccccc1NC(=O)c1c(C)nc2sc3c(c2c1-c1ccco1)CCC(C)C3. The molecule has 5 heteroatoms. The highest BCUT2D eigenvalue weighted by molar-refractivity contribution is 7.19. The Hall–Kier alpha value is -2.92. The summed E-state index contributed by atoms with van der Waals surface area (Å²) in [6.45, 7) is 6.22. The first-order valence-electron chi connectivity index (χ1n) is 10.4. The third-order valence-corrected chi connectivity index (χ3v) is 7.16. The van der Waals surface area contributed by atoms with Gasteiger partial charge in [0, 0.05) is 21.5 Å². The molecule has 0 saturated carbocycles. The van der Waals surface area contributed by atoms with Crippen molar-refractivity contribution >= 4 is 33.1 Å². The zero-order valence-corrected chi connectivity index (χ0v) is 18.2. The van der Waals surface area contributed by atoms with Gasteiger partial charge in [0.25, 0.3) is 5.91 Å². The molecule has 3 aromatic heterocycles. The summed E-state index contributed by atoms with van der Waals surface area (Å²) in [5.74, 6) is 1.26. The molecule has 1 N–H and O–H groups in total. The van der Waals surface area contributed by atoms with Crippen molar-refractivity contribution in [3.8, 4) is 11.3 Å². The summed E-state index contributed by atoms with van der Waals surface area (Å²) in [4.78, 5) is 20.8. The van der Waals surface area contributed by atoms with Crippen LogP contribution >= 0.6 is 11.3 Å². The summed E-state index contributed by atoms with van der Waals surface area (Å²) in [5, 5.41) is 4.19. The molecule has 3 heterocycles. The van der Waals surface area contributed by atoms with Crippen LogP contribution in [0, 0.1) is 19.8 Å². The van der Waals surface area contributed by atoms with Gasteiger partial charge in [0.2, 0.25) is 0 Å². The molecular weight excluding hydrogens is 392 g/mol. The number of hydrogen-bond acceptors (Lipinski definition) is 4. The number of pyridine rings is 1. The van der Waals surface area contributed by atoms with E-state index in [9.17, 15) is 4.79 Å². The zero-order chi connectivity index (χ0) is 20.8. The van der Waals surface area contributed by atoms with Gasteiger partial charge >= 0.3 is 0 Å². The van der Waals surface area contributed by atoms with Crippen LogP contribution in [0.3, 0.4) is 0 Å². The van der Waals surface area contributed by atoms with Gasteiger partial charge in [-0.3, -0.25) is 4.79 Å². The molecule has 1 aliphatic carbocycles. The topological polar surface area (TPSA) is 55.1 Å². The highest BCUT2D eigenvalue weighted by Gasteiger charge is 2.28. The van der Waals surface area contributed by atoms with Crippen molar-refractivity contribution in [1.82, 2.24) is 4.98 Å². The van der Waals surface area contributed by atoms with Crippen LogP contribution in [0.5, 0.6) is 0 Å². The average Bonchev–Trinajstić information content (AvgIpc) is 3.35. The van der Waals surface area contributed by atoms with Crippen molar-refractivity contribution in [2.45, 2.75) is 40.0 Å². The summed E-state index contributed by atoms with van der Waals surface area (Å²) in [5.41, 5.74) is 5.39. The fourth-order valence-corrected chi connectivity index (χ4v) is 5.87. The number of anilines is 1. The molecule has 1 aromatic carbocycles. The van der Waals surface area contributed by atoms with Gasteiger partial charge in [-0.15, -0.1) is 11.3 Å². The van der Waals surface area contributed by atoms with Crippen molar-refractivity contribution in [1.29, 1.82) is 0 Å². The Bertz CT molecular complexity index is 1250. The summed E-state index contributed by atoms with van der Waals surface area (Å²) in [6, 6.07) is 11.6. The van der Waals surface area contributed by atoms with Gasteiger partial charge in [0.15, 0.2) is 0 Å². The maximum absolute atomic E-state index is 13.5. The molecule has 1 unspecified atom stereocenters. The fraction of sp³-hybridized carbons (Fsp3) is 0.280. The Morgan fingerprint density at radius 1 is 1.20 bits per heavy atom. The molecule has 1 aliphatic rings. The second-order valence-corrected chi connectivity index (χ2v) is 9.31. The van der Waals surface area contributed by atoms with Crippen LogP contribution in [0.4, 0.5) is 5.69 Å². The number of rotatable bonds is 3. The third kappa shape index (κ3) is 3.14. The van der Waals surface area contributed by atoms with Crippen LogP contribution in [0.15, 0.2) is 47.1 Å². The summed E-state index contributed by atoms with van der Waals surface area (Å²) in [7, 11) is 0. The van der Waals surface area contributed by atoms with Crippen LogP contribution < -0.4 is 5.32 Å². The fourth-order valence-electron chi connectivity index (χ4n) is 4.43. The minimum Gasteiger partial charge on any atom is -0.464 e. The van der Waals surface area contributed by atoms with E-state index in [0.717, 1.165) is 57.7 Å². The second kappa shape index (κ2) is 7.40. The highest BCUT2D eigenvalue weighted by Crippen LogP contribution is 2.44. The Kier molecular flexibility index (Phi) is 4.70. The standard InChI is InChI=1S/C25H24N2O2S/c1-14-10-11-17-20(13-14)30-25-22(17)23(19-9-6-12-29-19)21(16(3)26-25)24(28)27-18-8-5-4-7-15(18)2/h4-9,12,14H,10-11,13H2,1-3H3,(H,27,28). The number of para-hydroxylation sites is 1. The lowest BCUT2D eigenvalue weighted by Crippen LogP contribution is -2.17. The molecule has 0 spiro atoms. The summed E-state index contributed by atoms with van der Waals surface area (Å²) < 4.78 is 5.83. The highest BCUT2D eigenvalue weighted by atomic mass is 32.1. The summed E-state index contributed by atoms with van der Waals surface area (Å²) in [6.07, 6.45) is 4.93. The van der Waals surface area contributed by atoms with E-state index in [1.165, 1.54) is 10.4 Å². The lowest BCUT2D eigenvalue weighted by molar-refractivity contribution is 0.102. The van der Waals surface area contributed by atoms with Gasteiger partial charge in [-0.25, -0.2) is 4.98 Å². The number of nitrogens with zero attached hydrogens (tertiary/aromatic N) is 1. The van der Waals surface area contributed by atoms with E-state index in [-0.39, 0.29) is 5.91 Å². The molecule has 0 fully saturated rings. The van der Waals surface area contributed by atoms with Crippen LogP contribution in [0.1, 0.15) is 45.4 Å². The number of aromatic nitrogens is 1. The van der Waals surface area contributed by atoms with E-state index >= 15 is 0 Å². The maximum atomic E-state index is 13.5. The maximum Gasteiger partial charge on any atom is 0.258 e. The first kappa shape index (κ1) is 19.1. The lowest BCUT2D eigenvalue weighted by atomic mass is 9.87. The number of nitrogens with one attached hydrogen (secondary N) is 1. The molecule has 30 heavy (non-hydrogen) atoms. The van der Waals surface area contributed by atoms with Gasteiger partial charge in [-0.2, -0.15) is 0 Å². The molecule has 4 aromatic rings. The minimum atomic E-state index is -0.147. The molecular formula is C25H24N2O2S. The van der Waals surface area contributed by atoms with E-state index in [0.29, 0.717) is 11.5 Å². The van der Waals surface area contributed by atoms with Crippen molar-refractivity contribution in [2.75, 3.05) is 5.32 Å². The van der Waals surface area contributed by atoms with E-state index in [1.807, 2.05) is 50.2 Å². The number of hydrogen-bond donors (Lipinski definition) is 1. The van der Waals surface area contributed by atoms with Crippen molar-refractivity contribution in [2.24, 2.45) is 5.92 Å². The van der Waals surface area contributed by atoms with E-state index in [4.69, 9.17) is 9.40 Å². The quantitative estimate of drug-likeness (QED) is 0.412. The molecule has 0 aliphatic heterocycles. The number of benzene rings is 1. The van der Waals surface area contributed by atoms with Crippen LogP contribution in [-0.2, 0) is 12.8 Å². The van der Waals surface area contributed by atoms with Gasteiger partial charge in [0.05, 0.1) is 17.5 Å². The van der Waals surface area contributed by atoms with Crippen LogP contribution in [0.25, 0.3) is 21.5 Å².